The highest BCUT2D eigenvalue weighted by Gasteiger charge is 2.25. The number of quaternary nitrogens is 1. The predicted octanol–water partition coefficient (Wildman–Crippen LogP) is 11.4. The molecule has 0 spiro atoms. The summed E-state index contributed by atoms with van der Waals surface area (Å²) in [4.78, 5) is 36.9. The Morgan fingerprint density at radius 3 is 1.45 bits per heavy atom. The number of nitrogens with zero attached hydrogens (tertiary/aromatic N) is 1. The second-order valence-corrected chi connectivity index (χ2v) is 16.0. The molecule has 0 aliphatic heterocycles. The van der Waals surface area contributed by atoms with E-state index in [1.54, 1.807) is 0 Å². The van der Waals surface area contributed by atoms with Gasteiger partial charge in [0.2, 0.25) is 0 Å². The highest BCUT2D eigenvalue weighted by atomic mass is 16.7. The van der Waals surface area contributed by atoms with Crippen LogP contribution in [0.2, 0.25) is 0 Å². The van der Waals surface area contributed by atoms with E-state index in [1.807, 2.05) is 21.1 Å². The van der Waals surface area contributed by atoms with Crippen LogP contribution < -0.4 is 0 Å². The highest BCUT2D eigenvalue weighted by Crippen LogP contribution is 2.13. The van der Waals surface area contributed by atoms with Crippen LogP contribution in [0.1, 0.15) is 181 Å². The molecule has 0 aliphatic rings. The molecule has 0 heterocycles. The molecule has 55 heavy (non-hydrogen) atoms. The molecule has 0 aromatic heterocycles. The van der Waals surface area contributed by atoms with Crippen molar-refractivity contribution in [3.05, 3.63) is 36.5 Å². The minimum atomic E-state index is -1.51. The third-order valence-electron chi connectivity index (χ3n) is 9.40. The van der Waals surface area contributed by atoms with Gasteiger partial charge in [-0.2, -0.15) is 0 Å². The summed E-state index contributed by atoms with van der Waals surface area (Å²) in [7, 11) is 5.94. The van der Waals surface area contributed by atoms with Crippen LogP contribution in [0.25, 0.3) is 0 Å². The monoisotopic (exact) mass is 779 g/mol. The van der Waals surface area contributed by atoms with Gasteiger partial charge in [-0.15, -0.1) is 0 Å². The molecule has 9 nitrogen and oxygen atoms in total. The van der Waals surface area contributed by atoms with E-state index in [4.69, 9.17) is 18.9 Å². The maximum Gasteiger partial charge on any atom is 0.361 e. The van der Waals surface area contributed by atoms with Crippen LogP contribution in [0, 0.1) is 0 Å². The topological polar surface area (TPSA) is 108 Å². The van der Waals surface area contributed by atoms with E-state index in [1.165, 1.54) is 89.9 Å². The predicted molar refractivity (Wildman–Crippen MR) is 226 cm³/mol. The summed E-state index contributed by atoms with van der Waals surface area (Å²) < 4.78 is 22.6. The maximum atomic E-state index is 12.7. The Hall–Kier alpha value is -2.49. The summed E-state index contributed by atoms with van der Waals surface area (Å²) in [5, 5.41) is 9.59. The van der Waals surface area contributed by atoms with Crippen LogP contribution in [-0.2, 0) is 33.3 Å². The smallest absolute Gasteiger partial charge is 0.361 e. The van der Waals surface area contributed by atoms with E-state index in [-0.39, 0.29) is 32.2 Å². The first-order chi connectivity index (χ1) is 26.6. The average Bonchev–Trinajstić information content (AvgIpc) is 3.14. The lowest BCUT2D eigenvalue weighted by molar-refractivity contribution is -0.870. The summed E-state index contributed by atoms with van der Waals surface area (Å²) in [6.07, 6.45) is 39.4. The molecule has 2 atom stereocenters. The molecule has 0 aromatic carbocycles. The zero-order valence-electron chi connectivity index (χ0n) is 36.1. The van der Waals surface area contributed by atoms with Gasteiger partial charge in [-0.3, -0.25) is 9.59 Å². The second kappa shape index (κ2) is 38.4. The van der Waals surface area contributed by atoms with Crippen molar-refractivity contribution in [3.63, 3.8) is 0 Å². The minimum Gasteiger partial charge on any atom is -0.477 e. The summed E-state index contributed by atoms with van der Waals surface area (Å²) in [5.41, 5.74) is 0. The fourth-order valence-electron chi connectivity index (χ4n) is 5.90. The van der Waals surface area contributed by atoms with Gasteiger partial charge in [0.1, 0.15) is 13.2 Å². The summed E-state index contributed by atoms with van der Waals surface area (Å²) >= 11 is 0. The molecule has 0 aliphatic carbocycles. The number of hydrogen-bond acceptors (Lipinski definition) is 7. The van der Waals surface area contributed by atoms with Gasteiger partial charge in [0.15, 0.2) is 6.10 Å². The van der Waals surface area contributed by atoms with Crippen molar-refractivity contribution in [2.75, 3.05) is 47.5 Å². The van der Waals surface area contributed by atoms with Crippen molar-refractivity contribution in [1.29, 1.82) is 0 Å². The van der Waals surface area contributed by atoms with E-state index >= 15 is 0 Å². The largest absolute Gasteiger partial charge is 0.477 e. The van der Waals surface area contributed by atoms with Crippen molar-refractivity contribution in [2.24, 2.45) is 0 Å². The molecule has 0 amide bonds. The highest BCUT2D eigenvalue weighted by molar-refractivity contribution is 5.71. The molecule has 0 saturated heterocycles. The Morgan fingerprint density at radius 2 is 0.982 bits per heavy atom. The minimum absolute atomic E-state index is 0.184. The Morgan fingerprint density at radius 1 is 0.545 bits per heavy atom. The Kier molecular flexibility index (Phi) is 36.6. The summed E-state index contributed by atoms with van der Waals surface area (Å²) in [6.45, 7) is 4.79. The van der Waals surface area contributed by atoms with Gasteiger partial charge in [-0.25, -0.2) is 4.79 Å². The number of carboxylic acid groups (broad SMARTS) is 1. The molecule has 0 bridgehead atoms. The van der Waals surface area contributed by atoms with Crippen molar-refractivity contribution in [2.45, 2.75) is 193 Å². The first-order valence-electron chi connectivity index (χ1n) is 22.2. The normalized spacial score (nSPS) is 13.3. The lowest BCUT2D eigenvalue weighted by Crippen LogP contribution is -2.40. The number of ether oxygens (including phenoxy) is 4. The Bertz CT molecular complexity index is 1000. The number of esters is 2. The first-order valence-corrected chi connectivity index (χ1v) is 22.2. The van der Waals surface area contributed by atoms with E-state index in [0.717, 1.165) is 57.8 Å². The number of carbonyl (C=O) groups is 3. The molecule has 320 valence electrons. The molecule has 2 unspecified atom stereocenters. The van der Waals surface area contributed by atoms with Gasteiger partial charge in [0.05, 0.1) is 34.4 Å². The van der Waals surface area contributed by atoms with E-state index in [2.05, 4.69) is 50.3 Å². The number of allylic oxidation sites excluding steroid dienone is 6. The third-order valence-corrected chi connectivity index (χ3v) is 9.40. The second-order valence-electron chi connectivity index (χ2n) is 16.0. The van der Waals surface area contributed by atoms with Crippen LogP contribution in [0.3, 0.4) is 0 Å². The summed E-state index contributed by atoms with van der Waals surface area (Å²) in [6, 6.07) is 0. The van der Waals surface area contributed by atoms with Gasteiger partial charge in [0, 0.05) is 12.8 Å². The van der Waals surface area contributed by atoms with E-state index in [0.29, 0.717) is 23.9 Å². The standard InChI is InChI=1S/C46H83NO8/c1-6-8-10-12-14-15-16-17-18-19-20-21-22-23-24-25-26-27-28-29-31-33-35-37-44(49)55-42(40-53-43(48)36-34-32-30-13-11-9-7-2)41-54-46(45(50)51)52-39-38-47(3,4)5/h16-17,19-20,22-23,42,46H,6-15,18,21,24-41H2,1-5H3/p+1/b17-16-,20-19-,23-22-. The quantitative estimate of drug-likeness (QED) is 0.0215. The molecule has 0 rings (SSSR count). The molecule has 0 radical (unpaired) electrons. The van der Waals surface area contributed by atoms with E-state index < -0.39 is 24.3 Å². The van der Waals surface area contributed by atoms with Gasteiger partial charge in [-0.05, 0) is 51.4 Å². The van der Waals surface area contributed by atoms with Gasteiger partial charge >= 0.3 is 17.9 Å². The molecule has 9 heteroatoms. The van der Waals surface area contributed by atoms with Crippen LogP contribution in [0.4, 0.5) is 0 Å². The van der Waals surface area contributed by atoms with Crippen molar-refractivity contribution in [3.8, 4) is 0 Å². The Labute approximate surface area is 337 Å². The fourth-order valence-corrected chi connectivity index (χ4v) is 5.90. The van der Waals surface area contributed by atoms with Crippen LogP contribution >= 0.6 is 0 Å². The molecule has 0 fully saturated rings. The zero-order valence-corrected chi connectivity index (χ0v) is 36.1. The van der Waals surface area contributed by atoms with Crippen molar-refractivity contribution in [1.82, 2.24) is 0 Å². The molecule has 0 aromatic rings. The van der Waals surface area contributed by atoms with Gasteiger partial charge in [0.25, 0.3) is 6.29 Å². The number of unbranched alkanes of at least 4 members (excludes halogenated alkanes) is 19. The number of rotatable bonds is 40. The van der Waals surface area contributed by atoms with E-state index in [9.17, 15) is 19.5 Å². The average molecular weight is 779 g/mol. The molecule has 0 saturated carbocycles. The zero-order chi connectivity index (χ0) is 40.7. The maximum absolute atomic E-state index is 12.7. The number of carbonyl (C=O) groups excluding carboxylic acids is 2. The fraction of sp³-hybridized carbons (Fsp3) is 0.804. The van der Waals surface area contributed by atoms with Crippen LogP contribution in [0.5, 0.6) is 0 Å². The van der Waals surface area contributed by atoms with Gasteiger partial charge in [-0.1, -0.05) is 153 Å². The molecule has 1 N–H and O–H groups in total. The SMILES string of the molecule is CCCCCCC/C=C\C/C=C\C/C=C\CCCCCCCCCCC(=O)OC(COC(=O)CCCCCCCCC)COC(OCC[N+](C)(C)C)C(=O)O. The first kappa shape index (κ1) is 52.5. The number of hydrogen-bond donors (Lipinski definition) is 1. The van der Waals surface area contributed by atoms with Crippen LogP contribution in [0.15, 0.2) is 36.5 Å². The van der Waals surface area contributed by atoms with Crippen molar-refractivity contribution >= 4 is 17.9 Å². The van der Waals surface area contributed by atoms with Gasteiger partial charge < -0.3 is 28.5 Å². The van der Waals surface area contributed by atoms with Crippen molar-refractivity contribution < 1.29 is 42.9 Å². The summed E-state index contributed by atoms with van der Waals surface area (Å²) in [5.74, 6) is -2.02. The number of carboxylic acids is 1. The lowest BCUT2D eigenvalue weighted by Gasteiger charge is -2.25. The Balaban J connectivity index is 4.29. The molecular weight excluding hydrogens is 695 g/mol. The number of aliphatic carboxylic acids is 1. The lowest BCUT2D eigenvalue weighted by atomic mass is 10.1. The van der Waals surface area contributed by atoms with Crippen LogP contribution in [-0.4, -0.2) is 87.4 Å². The molecular formula is C46H84NO8+. The number of likely N-dealkylation sites (N-methyl/N-ethyl adjacent to an activating group) is 1. The third kappa shape index (κ3) is 39.5.